The van der Waals surface area contributed by atoms with Crippen molar-refractivity contribution in [3.8, 4) is 5.75 Å². The van der Waals surface area contributed by atoms with E-state index in [0.29, 0.717) is 6.42 Å². The molecule has 2 rings (SSSR count). The number of carboxylic acid groups (broad SMARTS) is 1. The van der Waals surface area contributed by atoms with Gasteiger partial charge in [-0.1, -0.05) is 42.0 Å². The Hall–Kier alpha value is -2.29. The molecule has 0 aliphatic heterocycles. The molecule has 0 saturated carbocycles. The molecule has 1 unspecified atom stereocenters. The Kier molecular flexibility index (Phi) is 4.32. The summed E-state index contributed by atoms with van der Waals surface area (Å²) < 4.78 is 5.21. The minimum absolute atomic E-state index is 0.420. The number of carboxylic acids is 1. The fourth-order valence-electron chi connectivity index (χ4n) is 2.48. The number of hydrogen-bond acceptors (Lipinski definition) is 2. The third kappa shape index (κ3) is 3.24. The normalized spacial score (nSPS) is 13.5. The van der Waals surface area contributed by atoms with Crippen molar-refractivity contribution in [2.24, 2.45) is 0 Å². The number of hydrogen-bond donors (Lipinski definition) is 1. The molecule has 110 valence electrons. The molecule has 0 aromatic heterocycles. The Morgan fingerprint density at radius 3 is 2.52 bits per heavy atom. The lowest BCUT2D eigenvalue weighted by Gasteiger charge is -2.26. The van der Waals surface area contributed by atoms with E-state index in [4.69, 9.17) is 4.74 Å². The van der Waals surface area contributed by atoms with Crippen molar-refractivity contribution in [2.75, 3.05) is 7.11 Å². The lowest BCUT2D eigenvalue weighted by Crippen LogP contribution is -2.34. The smallest absolute Gasteiger partial charge is 0.314 e. The monoisotopic (exact) mass is 284 g/mol. The van der Waals surface area contributed by atoms with Gasteiger partial charge in [0, 0.05) is 0 Å². The summed E-state index contributed by atoms with van der Waals surface area (Å²) >= 11 is 0. The number of carbonyl (C=O) groups is 1. The molecule has 0 spiro atoms. The van der Waals surface area contributed by atoms with Crippen LogP contribution in [0.25, 0.3) is 0 Å². The molecule has 0 radical (unpaired) electrons. The van der Waals surface area contributed by atoms with Gasteiger partial charge in [0.1, 0.15) is 5.75 Å². The zero-order chi connectivity index (χ0) is 15.5. The Balaban J connectivity index is 2.40. The molecule has 0 aliphatic rings. The molecule has 0 saturated heterocycles. The second kappa shape index (κ2) is 6.00. The maximum Gasteiger partial charge on any atom is 0.314 e. The highest BCUT2D eigenvalue weighted by molar-refractivity contribution is 5.81. The quantitative estimate of drug-likeness (QED) is 0.912. The molecule has 0 heterocycles. The zero-order valence-electron chi connectivity index (χ0n) is 12.6. The molecule has 2 aromatic rings. The first-order chi connectivity index (χ1) is 9.95. The van der Waals surface area contributed by atoms with E-state index in [1.165, 1.54) is 0 Å². The largest absolute Gasteiger partial charge is 0.497 e. The summed E-state index contributed by atoms with van der Waals surface area (Å²) in [5, 5.41) is 9.73. The number of benzene rings is 2. The highest BCUT2D eigenvalue weighted by Crippen LogP contribution is 2.30. The van der Waals surface area contributed by atoms with Gasteiger partial charge in [0.05, 0.1) is 12.5 Å². The fraction of sp³-hybridized carbons (Fsp3) is 0.278. The van der Waals surface area contributed by atoms with Crippen molar-refractivity contribution in [2.45, 2.75) is 25.7 Å². The van der Waals surface area contributed by atoms with Crippen molar-refractivity contribution in [3.05, 3.63) is 65.2 Å². The van der Waals surface area contributed by atoms with Crippen LogP contribution < -0.4 is 4.74 Å². The van der Waals surface area contributed by atoms with Gasteiger partial charge in [-0.25, -0.2) is 0 Å². The van der Waals surface area contributed by atoms with Crippen LogP contribution in [0.3, 0.4) is 0 Å². The van der Waals surface area contributed by atoms with E-state index in [1.54, 1.807) is 14.0 Å². The van der Waals surface area contributed by atoms with Crippen LogP contribution in [0.2, 0.25) is 0 Å². The fourth-order valence-corrected chi connectivity index (χ4v) is 2.48. The maximum absolute atomic E-state index is 11.9. The highest BCUT2D eigenvalue weighted by atomic mass is 16.5. The number of ether oxygens (including phenoxy) is 1. The van der Waals surface area contributed by atoms with Gasteiger partial charge < -0.3 is 9.84 Å². The molecule has 3 nitrogen and oxygen atoms in total. The van der Waals surface area contributed by atoms with E-state index in [-0.39, 0.29) is 0 Å². The highest BCUT2D eigenvalue weighted by Gasteiger charge is 2.35. The van der Waals surface area contributed by atoms with Crippen LogP contribution in [0.4, 0.5) is 0 Å². The third-order valence-electron chi connectivity index (χ3n) is 3.82. The van der Waals surface area contributed by atoms with Crippen LogP contribution in [0, 0.1) is 6.92 Å². The second-order valence-electron chi connectivity index (χ2n) is 5.54. The van der Waals surface area contributed by atoms with Gasteiger partial charge in [-0.05, 0) is 43.5 Å². The summed E-state index contributed by atoms with van der Waals surface area (Å²) in [6.07, 6.45) is 0.420. The molecule has 1 atom stereocenters. The Bertz CT molecular complexity index is 648. The van der Waals surface area contributed by atoms with E-state index in [9.17, 15) is 9.90 Å². The van der Waals surface area contributed by atoms with E-state index in [2.05, 4.69) is 0 Å². The second-order valence-corrected chi connectivity index (χ2v) is 5.54. The summed E-state index contributed by atoms with van der Waals surface area (Å²) in [4.78, 5) is 11.9. The van der Waals surface area contributed by atoms with Gasteiger partial charge in [-0.3, -0.25) is 4.79 Å². The number of aryl methyl sites for hydroxylation is 1. The van der Waals surface area contributed by atoms with Crippen molar-refractivity contribution in [1.29, 1.82) is 0 Å². The van der Waals surface area contributed by atoms with Crippen molar-refractivity contribution >= 4 is 5.97 Å². The molecule has 0 amide bonds. The van der Waals surface area contributed by atoms with E-state index in [0.717, 1.165) is 22.4 Å². The van der Waals surface area contributed by atoms with Gasteiger partial charge in [0.15, 0.2) is 0 Å². The summed E-state index contributed by atoms with van der Waals surface area (Å²) in [5.74, 6) is -0.0830. The first-order valence-corrected chi connectivity index (χ1v) is 6.89. The summed E-state index contributed by atoms with van der Waals surface area (Å²) in [6, 6.07) is 15.2. The summed E-state index contributed by atoms with van der Waals surface area (Å²) in [7, 11) is 1.61. The summed E-state index contributed by atoms with van der Waals surface area (Å²) in [6.45, 7) is 3.74. The molecule has 1 N–H and O–H groups in total. The number of rotatable bonds is 5. The van der Waals surface area contributed by atoms with Gasteiger partial charge in [0.2, 0.25) is 0 Å². The molecule has 21 heavy (non-hydrogen) atoms. The molecule has 0 bridgehead atoms. The predicted molar refractivity (Wildman–Crippen MR) is 82.9 cm³/mol. The van der Waals surface area contributed by atoms with Crippen LogP contribution in [0.15, 0.2) is 48.5 Å². The molecule has 0 fully saturated rings. The molecular formula is C18H20O3. The van der Waals surface area contributed by atoms with Crippen LogP contribution in [-0.2, 0) is 16.6 Å². The van der Waals surface area contributed by atoms with Crippen molar-refractivity contribution < 1.29 is 14.6 Å². The topological polar surface area (TPSA) is 46.5 Å². The Labute approximate surface area is 125 Å². The van der Waals surface area contributed by atoms with E-state index < -0.39 is 11.4 Å². The average molecular weight is 284 g/mol. The third-order valence-corrected chi connectivity index (χ3v) is 3.82. The van der Waals surface area contributed by atoms with Crippen molar-refractivity contribution in [3.63, 3.8) is 0 Å². The zero-order valence-corrected chi connectivity index (χ0v) is 12.6. The van der Waals surface area contributed by atoms with Crippen molar-refractivity contribution in [1.82, 2.24) is 0 Å². The molecule has 2 aromatic carbocycles. The SMILES string of the molecule is COc1cccc(CC(C)(C(=O)O)c2cccc(C)c2)c1. The molecule has 3 heteroatoms. The van der Waals surface area contributed by atoms with Crippen LogP contribution in [0.5, 0.6) is 5.75 Å². The Morgan fingerprint density at radius 1 is 1.19 bits per heavy atom. The van der Waals surface area contributed by atoms with E-state index >= 15 is 0 Å². The average Bonchev–Trinajstić information content (AvgIpc) is 2.47. The lowest BCUT2D eigenvalue weighted by molar-refractivity contribution is -0.143. The Morgan fingerprint density at radius 2 is 1.90 bits per heavy atom. The first-order valence-electron chi connectivity index (χ1n) is 6.89. The minimum atomic E-state index is -0.960. The summed E-state index contributed by atoms with van der Waals surface area (Å²) in [5.41, 5.74) is 1.86. The van der Waals surface area contributed by atoms with Gasteiger partial charge in [-0.15, -0.1) is 0 Å². The van der Waals surface area contributed by atoms with Gasteiger partial charge in [0.25, 0.3) is 0 Å². The van der Waals surface area contributed by atoms with E-state index in [1.807, 2.05) is 55.5 Å². The maximum atomic E-state index is 11.9. The standard InChI is InChI=1S/C18H20O3/c1-13-6-4-8-15(10-13)18(2,17(19)20)12-14-7-5-9-16(11-14)21-3/h4-11H,12H2,1-3H3,(H,19,20). The number of aliphatic carboxylic acids is 1. The van der Waals surface area contributed by atoms with Crippen LogP contribution >= 0.6 is 0 Å². The predicted octanol–water partition coefficient (Wildman–Crippen LogP) is 3.59. The van der Waals surface area contributed by atoms with Gasteiger partial charge >= 0.3 is 5.97 Å². The first kappa shape index (κ1) is 15.1. The minimum Gasteiger partial charge on any atom is -0.497 e. The van der Waals surface area contributed by atoms with Crippen LogP contribution in [0.1, 0.15) is 23.6 Å². The van der Waals surface area contributed by atoms with Crippen LogP contribution in [-0.4, -0.2) is 18.2 Å². The lowest BCUT2D eigenvalue weighted by atomic mass is 9.77. The molecular weight excluding hydrogens is 264 g/mol. The van der Waals surface area contributed by atoms with Gasteiger partial charge in [-0.2, -0.15) is 0 Å². The molecule has 0 aliphatic carbocycles. The number of methoxy groups -OCH3 is 1.